The SMILES string of the molecule is Cc1c(C)n(Cc2ccccc2)c2c(N3CCc4ccccc4C3)nc(CO)cc12. The minimum atomic E-state index is -0.0459. The molecule has 2 aromatic heterocycles. The molecular weight excluding hydrogens is 370 g/mol. The maximum Gasteiger partial charge on any atom is 0.153 e. The summed E-state index contributed by atoms with van der Waals surface area (Å²) in [6.45, 7) is 6.91. The second kappa shape index (κ2) is 7.62. The van der Waals surface area contributed by atoms with Crippen molar-refractivity contribution in [2.75, 3.05) is 11.4 Å². The predicted molar refractivity (Wildman–Crippen MR) is 122 cm³/mol. The molecule has 0 saturated carbocycles. The number of pyridine rings is 1. The van der Waals surface area contributed by atoms with Crippen LogP contribution in [0.3, 0.4) is 0 Å². The van der Waals surface area contributed by atoms with Crippen LogP contribution in [0.2, 0.25) is 0 Å². The van der Waals surface area contributed by atoms with E-state index < -0.39 is 0 Å². The van der Waals surface area contributed by atoms with Gasteiger partial charge in [0.1, 0.15) is 0 Å². The molecule has 0 aliphatic carbocycles. The van der Waals surface area contributed by atoms with Crippen LogP contribution >= 0.6 is 0 Å². The molecule has 4 nitrogen and oxygen atoms in total. The van der Waals surface area contributed by atoms with E-state index >= 15 is 0 Å². The molecule has 3 heterocycles. The van der Waals surface area contributed by atoms with Crippen LogP contribution in [0, 0.1) is 13.8 Å². The third-order valence-electron chi connectivity index (χ3n) is 6.42. The Morgan fingerprint density at radius 2 is 1.70 bits per heavy atom. The van der Waals surface area contributed by atoms with Crippen LogP contribution in [0.4, 0.5) is 5.82 Å². The lowest BCUT2D eigenvalue weighted by Crippen LogP contribution is -2.31. The van der Waals surface area contributed by atoms with Gasteiger partial charge in [-0.25, -0.2) is 4.98 Å². The van der Waals surface area contributed by atoms with E-state index in [-0.39, 0.29) is 6.61 Å². The van der Waals surface area contributed by atoms with E-state index in [0.717, 1.165) is 37.6 Å². The summed E-state index contributed by atoms with van der Waals surface area (Å²) in [5.41, 5.74) is 8.49. The Morgan fingerprint density at radius 1 is 0.967 bits per heavy atom. The first-order chi connectivity index (χ1) is 14.7. The number of hydrogen-bond acceptors (Lipinski definition) is 3. The molecule has 0 saturated heterocycles. The Balaban J connectivity index is 1.68. The molecule has 0 unspecified atom stereocenters. The van der Waals surface area contributed by atoms with E-state index in [1.165, 1.54) is 38.9 Å². The number of fused-ring (bicyclic) bond motifs is 2. The first-order valence-electron chi connectivity index (χ1n) is 10.6. The summed E-state index contributed by atoms with van der Waals surface area (Å²) in [6.07, 6.45) is 1.01. The summed E-state index contributed by atoms with van der Waals surface area (Å²) in [6, 6.07) is 21.3. The van der Waals surface area contributed by atoms with Crippen LogP contribution in [0.25, 0.3) is 10.9 Å². The molecular formula is C26H27N3O. The van der Waals surface area contributed by atoms with Crippen LogP contribution in [-0.4, -0.2) is 21.2 Å². The summed E-state index contributed by atoms with van der Waals surface area (Å²) in [5.74, 6) is 0.984. The third kappa shape index (κ3) is 3.17. The fraction of sp³-hybridized carbons (Fsp3) is 0.269. The van der Waals surface area contributed by atoms with Gasteiger partial charge in [-0.05, 0) is 48.6 Å². The van der Waals surface area contributed by atoms with Crippen molar-refractivity contribution in [3.05, 3.63) is 94.3 Å². The molecule has 4 aromatic rings. The molecule has 1 aliphatic heterocycles. The highest BCUT2D eigenvalue weighted by atomic mass is 16.3. The van der Waals surface area contributed by atoms with Crippen molar-refractivity contribution >= 4 is 16.7 Å². The van der Waals surface area contributed by atoms with E-state index in [1.54, 1.807) is 0 Å². The van der Waals surface area contributed by atoms with E-state index in [1.807, 2.05) is 0 Å². The van der Waals surface area contributed by atoms with Crippen LogP contribution in [-0.2, 0) is 26.1 Å². The number of rotatable bonds is 4. The number of nitrogens with zero attached hydrogens (tertiary/aromatic N) is 3. The van der Waals surface area contributed by atoms with Gasteiger partial charge in [-0.15, -0.1) is 0 Å². The Kier molecular flexibility index (Phi) is 4.80. The zero-order chi connectivity index (χ0) is 20.7. The molecule has 30 heavy (non-hydrogen) atoms. The molecule has 2 aromatic carbocycles. The smallest absolute Gasteiger partial charge is 0.153 e. The Bertz CT molecular complexity index is 1210. The maximum atomic E-state index is 9.89. The van der Waals surface area contributed by atoms with Crippen molar-refractivity contribution in [2.45, 2.75) is 40.0 Å². The monoisotopic (exact) mass is 397 g/mol. The van der Waals surface area contributed by atoms with Gasteiger partial charge in [-0.2, -0.15) is 0 Å². The van der Waals surface area contributed by atoms with Gasteiger partial charge in [0, 0.05) is 30.7 Å². The predicted octanol–water partition coefficient (Wildman–Crippen LogP) is 4.76. The number of aryl methyl sites for hydroxylation is 1. The van der Waals surface area contributed by atoms with Crippen LogP contribution in [0.1, 0.15) is 33.6 Å². The van der Waals surface area contributed by atoms with E-state index in [0.29, 0.717) is 0 Å². The van der Waals surface area contributed by atoms with Crippen molar-refractivity contribution in [1.29, 1.82) is 0 Å². The number of hydrogen-bond donors (Lipinski definition) is 1. The van der Waals surface area contributed by atoms with Gasteiger partial charge in [0.2, 0.25) is 0 Å². The minimum absolute atomic E-state index is 0.0459. The standard InChI is InChI=1S/C26H27N3O/c1-18-19(2)29(15-20-8-4-3-5-9-20)25-24(18)14-23(17-30)27-26(25)28-13-12-21-10-6-7-11-22(21)16-28/h3-11,14,30H,12-13,15-17H2,1-2H3. The summed E-state index contributed by atoms with van der Waals surface area (Å²) in [4.78, 5) is 7.31. The van der Waals surface area contributed by atoms with E-state index in [4.69, 9.17) is 4.98 Å². The normalized spacial score (nSPS) is 13.6. The highest BCUT2D eigenvalue weighted by Gasteiger charge is 2.24. The Labute approximate surface area is 177 Å². The van der Waals surface area contributed by atoms with Gasteiger partial charge >= 0.3 is 0 Å². The Morgan fingerprint density at radius 3 is 2.47 bits per heavy atom. The average Bonchev–Trinajstić information content (AvgIpc) is 3.03. The summed E-state index contributed by atoms with van der Waals surface area (Å²) >= 11 is 0. The minimum Gasteiger partial charge on any atom is -0.390 e. The second-order valence-electron chi connectivity index (χ2n) is 8.21. The van der Waals surface area contributed by atoms with Crippen molar-refractivity contribution in [3.63, 3.8) is 0 Å². The van der Waals surface area contributed by atoms with Crippen molar-refractivity contribution in [2.24, 2.45) is 0 Å². The molecule has 152 valence electrons. The zero-order valence-electron chi connectivity index (χ0n) is 17.6. The van der Waals surface area contributed by atoms with Crippen molar-refractivity contribution in [1.82, 2.24) is 9.55 Å². The van der Waals surface area contributed by atoms with E-state index in [9.17, 15) is 5.11 Å². The summed E-state index contributed by atoms with van der Waals surface area (Å²) in [7, 11) is 0. The van der Waals surface area contributed by atoms with Gasteiger partial charge in [0.25, 0.3) is 0 Å². The molecule has 0 fully saturated rings. The topological polar surface area (TPSA) is 41.3 Å². The van der Waals surface area contributed by atoms with Crippen LogP contribution in [0.15, 0.2) is 60.7 Å². The fourth-order valence-corrected chi connectivity index (χ4v) is 4.64. The molecule has 5 rings (SSSR count). The zero-order valence-corrected chi connectivity index (χ0v) is 17.6. The molecule has 4 heteroatoms. The Hall–Kier alpha value is -3.11. The lowest BCUT2D eigenvalue weighted by atomic mass is 10.00. The van der Waals surface area contributed by atoms with Gasteiger partial charge in [0.15, 0.2) is 5.82 Å². The number of anilines is 1. The van der Waals surface area contributed by atoms with Crippen LogP contribution < -0.4 is 4.90 Å². The highest BCUT2D eigenvalue weighted by Crippen LogP contribution is 2.35. The summed E-state index contributed by atoms with van der Waals surface area (Å²) < 4.78 is 2.39. The number of benzene rings is 2. The largest absolute Gasteiger partial charge is 0.390 e. The number of aliphatic hydroxyl groups excluding tert-OH is 1. The quantitative estimate of drug-likeness (QED) is 0.540. The van der Waals surface area contributed by atoms with E-state index in [2.05, 4.69) is 84.0 Å². The fourth-order valence-electron chi connectivity index (χ4n) is 4.64. The molecule has 0 spiro atoms. The van der Waals surface area contributed by atoms with Crippen LogP contribution in [0.5, 0.6) is 0 Å². The first kappa shape index (κ1) is 18.9. The molecule has 0 bridgehead atoms. The molecule has 0 atom stereocenters. The average molecular weight is 398 g/mol. The van der Waals surface area contributed by atoms with Gasteiger partial charge in [-0.3, -0.25) is 0 Å². The van der Waals surface area contributed by atoms with Gasteiger partial charge in [-0.1, -0.05) is 54.6 Å². The molecule has 1 N–H and O–H groups in total. The lowest BCUT2D eigenvalue weighted by Gasteiger charge is -2.31. The van der Waals surface area contributed by atoms with Gasteiger partial charge in [0.05, 0.1) is 17.8 Å². The maximum absolute atomic E-state index is 9.89. The number of aliphatic hydroxyl groups is 1. The number of aromatic nitrogens is 2. The molecule has 1 aliphatic rings. The van der Waals surface area contributed by atoms with Gasteiger partial charge < -0.3 is 14.6 Å². The van der Waals surface area contributed by atoms with Crippen molar-refractivity contribution < 1.29 is 5.11 Å². The van der Waals surface area contributed by atoms with Crippen molar-refractivity contribution in [3.8, 4) is 0 Å². The molecule has 0 amide bonds. The molecule has 0 radical (unpaired) electrons. The summed E-state index contributed by atoms with van der Waals surface area (Å²) in [5, 5.41) is 11.1. The highest BCUT2D eigenvalue weighted by molar-refractivity contribution is 5.94. The third-order valence-corrected chi connectivity index (χ3v) is 6.42. The first-order valence-corrected chi connectivity index (χ1v) is 10.6. The lowest BCUT2D eigenvalue weighted by molar-refractivity contribution is 0.277. The second-order valence-corrected chi connectivity index (χ2v) is 8.21.